The Hall–Kier alpha value is -2.69. The number of hydrogen-bond acceptors (Lipinski definition) is 4. The van der Waals surface area contributed by atoms with Crippen molar-refractivity contribution >= 4 is 17.8 Å². The molecule has 2 N–H and O–H groups in total. The number of amides is 1. The fraction of sp³-hybridized carbons (Fsp3) is 0.350. The Morgan fingerprint density at radius 1 is 1.32 bits per heavy atom. The Balaban J connectivity index is 1.56. The summed E-state index contributed by atoms with van der Waals surface area (Å²) >= 11 is 0. The summed E-state index contributed by atoms with van der Waals surface area (Å²) in [7, 11) is 0. The van der Waals surface area contributed by atoms with Crippen LogP contribution < -0.4 is 0 Å². The molecule has 3 aliphatic carbocycles. The van der Waals surface area contributed by atoms with E-state index in [9.17, 15) is 15.0 Å². The average molecular weight is 336 g/mol. The van der Waals surface area contributed by atoms with E-state index < -0.39 is 5.41 Å². The third-order valence-electron chi connectivity index (χ3n) is 5.52. The van der Waals surface area contributed by atoms with Crippen LogP contribution in [0.4, 0.5) is 0 Å². The zero-order valence-corrected chi connectivity index (χ0v) is 14.3. The van der Waals surface area contributed by atoms with Gasteiger partial charge in [0, 0.05) is 36.0 Å². The number of carbonyl (C=O) groups excluding carboxylic acids is 1. The van der Waals surface area contributed by atoms with Crippen LogP contribution >= 0.6 is 0 Å². The summed E-state index contributed by atoms with van der Waals surface area (Å²) in [5, 5.41) is 19.6. The molecular weight excluding hydrogens is 316 g/mol. The lowest BCUT2D eigenvalue weighted by Crippen LogP contribution is -2.22. The molecule has 0 bridgehead atoms. The van der Waals surface area contributed by atoms with Crippen LogP contribution in [0, 0.1) is 11.3 Å². The summed E-state index contributed by atoms with van der Waals surface area (Å²) in [4.78, 5) is 21.3. The van der Waals surface area contributed by atoms with Crippen molar-refractivity contribution in [1.82, 2.24) is 0 Å². The smallest absolute Gasteiger partial charge is 0.256 e. The minimum absolute atomic E-state index is 0.0589. The van der Waals surface area contributed by atoms with E-state index in [0.717, 1.165) is 28.0 Å². The predicted octanol–water partition coefficient (Wildman–Crippen LogP) is 3.88. The van der Waals surface area contributed by atoms with Gasteiger partial charge in [0.2, 0.25) is 0 Å². The number of nitrogens with zero attached hydrogens (tertiary/aromatic N) is 2. The molecule has 4 aliphatic rings. The maximum Gasteiger partial charge on any atom is 0.256 e. The highest BCUT2D eigenvalue weighted by molar-refractivity contribution is 6.09. The molecule has 4 rings (SSSR count). The SMILES string of the molecule is CC1=C(C2=CN=C2)C/C(=N\C(=O)C2(C3=CC(O)=C(O)C3C)CC2)C=C1. The van der Waals surface area contributed by atoms with E-state index in [4.69, 9.17) is 0 Å². The van der Waals surface area contributed by atoms with E-state index in [1.165, 1.54) is 6.08 Å². The first-order valence-electron chi connectivity index (χ1n) is 8.50. The van der Waals surface area contributed by atoms with E-state index >= 15 is 0 Å². The highest BCUT2D eigenvalue weighted by atomic mass is 16.3. The molecule has 0 spiro atoms. The number of hydrogen-bond donors (Lipinski definition) is 2. The molecule has 0 aromatic heterocycles. The minimum Gasteiger partial charge on any atom is -0.508 e. The van der Waals surface area contributed by atoms with Crippen molar-refractivity contribution < 1.29 is 15.0 Å². The van der Waals surface area contributed by atoms with E-state index in [1.54, 1.807) is 6.92 Å². The van der Waals surface area contributed by atoms with Gasteiger partial charge in [0.25, 0.3) is 5.91 Å². The molecule has 25 heavy (non-hydrogen) atoms. The average Bonchev–Trinajstić information content (AvgIpc) is 3.29. The topological polar surface area (TPSA) is 82.2 Å². The standard InChI is InChI=1S/C20H20N2O3/c1-11-3-4-14(7-15(11)13-9-21-10-13)22-19(25)20(5-6-20)16-8-17(23)18(24)12(16)2/h3-4,8-10,12,23-24H,5-7H2,1-2H3/b22-14-. The summed E-state index contributed by atoms with van der Waals surface area (Å²) in [6.07, 6.45) is 11.1. The lowest BCUT2D eigenvalue weighted by Gasteiger charge is -2.20. The van der Waals surface area contributed by atoms with Crippen molar-refractivity contribution in [2.24, 2.45) is 21.3 Å². The predicted molar refractivity (Wildman–Crippen MR) is 96.7 cm³/mol. The summed E-state index contributed by atoms with van der Waals surface area (Å²) in [6, 6.07) is 0. The lowest BCUT2D eigenvalue weighted by atomic mass is 9.86. The van der Waals surface area contributed by atoms with Crippen LogP contribution in [0.5, 0.6) is 0 Å². The zero-order valence-electron chi connectivity index (χ0n) is 14.3. The molecule has 1 atom stereocenters. The number of allylic oxidation sites excluding steroid dienone is 7. The molecule has 1 aliphatic heterocycles. The van der Waals surface area contributed by atoms with Gasteiger partial charge in [-0.15, -0.1) is 0 Å². The van der Waals surface area contributed by atoms with Crippen molar-refractivity contribution in [2.75, 3.05) is 0 Å². The van der Waals surface area contributed by atoms with Crippen molar-refractivity contribution in [3.63, 3.8) is 0 Å². The van der Waals surface area contributed by atoms with Gasteiger partial charge >= 0.3 is 0 Å². The van der Waals surface area contributed by atoms with Gasteiger partial charge < -0.3 is 10.2 Å². The van der Waals surface area contributed by atoms with Crippen LogP contribution in [0.15, 0.2) is 68.2 Å². The monoisotopic (exact) mass is 336 g/mol. The normalized spacial score (nSPS) is 28.2. The van der Waals surface area contributed by atoms with E-state index in [1.807, 2.05) is 31.5 Å². The van der Waals surface area contributed by atoms with E-state index in [2.05, 4.69) is 9.98 Å². The lowest BCUT2D eigenvalue weighted by molar-refractivity contribution is -0.121. The Bertz CT molecular complexity index is 890. The second kappa shape index (κ2) is 5.41. The molecule has 1 saturated carbocycles. The van der Waals surface area contributed by atoms with Gasteiger partial charge in [-0.05, 0) is 48.6 Å². The summed E-state index contributed by atoms with van der Waals surface area (Å²) in [6.45, 7) is 3.85. The summed E-state index contributed by atoms with van der Waals surface area (Å²) in [5.41, 5.74) is 4.26. The second-order valence-electron chi connectivity index (χ2n) is 7.12. The molecule has 5 nitrogen and oxygen atoms in total. The van der Waals surface area contributed by atoms with Crippen molar-refractivity contribution in [3.05, 3.63) is 58.2 Å². The second-order valence-corrected chi connectivity index (χ2v) is 7.12. The first-order chi connectivity index (χ1) is 11.9. The van der Waals surface area contributed by atoms with E-state index in [0.29, 0.717) is 19.3 Å². The first kappa shape index (κ1) is 15.8. The Kier molecular flexibility index (Phi) is 3.42. The van der Waals surface area contributed by atoms with Gasteiger partial charge in [-0.3, -0.25) is 9.79 Å². The fourth-order valence-electron chi connectivity index (χ4n) is 3.67. The molecule has 0 aromatic carbocycles. The maximum absolute atomic E-state index is 12.9. The van der Waals surface area contributed by atoms with Crippen molar-refractivity contribution in [1.29, 1.82) is 0 Å². The Labute approximate surface area is 146 Å². The van der Waals surface area contributed by atoms with Crippen LogP contribution in [0.25, 0.3) is 0 Å². The molecule has 1 heterocycles. The number of aliphatic hydroxyl groups is 2. The zero-order chi connectivity index (χ0) is 17.8. The third kappa shape index (κ3) is 2.42. The Morgan fingerprint density at radius 3 is 2.56 bits per heavy atom. The van der Waals surface area contributed by atoms with Crippen LogP contribution in [-0.4, -0.2) is 28.0 Å². The number of rotatable bonds is 3. The molecule has 1 fully saturated rings. The van der Waals surface area contributed by atoms with Crippen molar-refractivity contribution in [3.8, 4) is 0 Å². The summed E-state index contributed by atoms with van der Waals surface area (Å²) < 4.78 is 0. The Morgan fingerprint density at radius 2 is 2.04 bits per heavy atom. The molecule has 128 valence electrons. The van der Waals surface area contributed by atoms with Crippen LogP contribution in [0.2, 0.25) is 0 Å². The van der Waals surface area contributed by atoms with Gasteiger partial charge in [-0.2, -0.15) is 0 Å². The number of aliphatic hydroxyl groups excluding tert-OH is 2. The van der Waals surface area contributed by atoms with Crippen LogP contribution in [-0.2, 0) is 4.79 Å². The number of carbonyl (C=O) groups is 1. The highest BCUT2D eigenvalue weighted by Crippen LogP contribution is 2.57. The molecule has 0 radical (unpaired) electrons. The van der Waals surface area contributed by atoms with Crippen molar-refractivity contribution in [2.45, 2.75) is 33.1 Å². The fourth-order valence-corrected chi connectivity index (χ4v) is 3.67. The molecule has 0 aromatic rings. The summed E-state index contributed by atoms with van der Waals surface area (Å²) in [5.74, 6) is -0.703. The van der Waals surface area contributed by atoms with Gasteiger partial charge in [0.05, 0.1) is 5.41 Å². The number of aliphatic imine (C=N–C) groups is 2. The molecule has 1 unspecified atom stereocenters. The van der Waals surface area contributed by atoms with Gasteiger partial charge in [-0.25, -0.2) is 4.99 Å². The molecule has 5 heteroatoms. The van der Waals surface area contributed by atoms with E-state index in [-0.39, 0.29) is 23.3 Å². The van der Waals surface area contributed by atoms with Gasteiger partial charge in [0.1, 0.15) is 5.76 Å². The van der Waals surface area contributed by atoms with Crippen LogP contribution in [0.1, 0.15) is 33.1 Å². The molecular formula is C20H20N2O3. The highest BCUT2D eigenvalue weighted by Gasteiger charge is 2.55. The third-order valence-corrected chi connectivity index (χ3v) is 5.52. The van der Waals surface area contributed by atoms with Crippen LogP contribution in [0.3, 0.4) is 0 Å². The molecule has 1 amide bonds. The minimum atomic E-state index is -0.660. The largest absolute Gasteiger partial charge is 0.508 e. The van der Waals surface area contributed by atoms with Gasteiger partial charge in [0.15, 0.2) is 5.76 Å². The maximum atomic E-state index is 12.9. The first-order valence-corrected chi connectivity index (χ1v) is 8.50. The quantitative estimate of drug-likeness (QED) is 0.820. The molecule has 0 saturated heterocycles. The van der Waals surface area contributed by atoms with Gasteiger partial charge in [-0.1, -0.05) is 13.0 Å².